The van der Waals surface area contributed by atoms with Gasteiger partial charge in [-0.2, -0.15) is 5.10 Å². The highest BCUT2D eigenvalue weighted by Crippen LogP contribution is 2.47. The second-order valence-electron chi connectivity index (χ2n) is 8.45. The lowest BCUT2D eigenvalue weighted by molar-refractivity contribution is -0.160. The molecule has 0 spiro atoms. The lowest BCUT2D eigenvalue weighted by atomic mass is 9.81. The smallest absolute Gasteiger partial charge is 0.317 e. The van der Waals surface area contributed by atoms with E-state index >= 15 is 0 Å². The number of hydrogen-bond acceptors (Lipinski definition) is 7. The second kappa shape index (κ2) is 7.69. The van der Waals surface area contributed by atoms with Crippen LogP contribution >= 0.6 is 11.3 Å². The lowest BCUT2D eigenvalue weighted by Crippen LogP contribution is -2.58. The van der Waals surface area contributed by atoms with Crippen LogP contribution in [-0.4, -0.2) is 32.6 Å². The maximum absolute atomic E-state index is 13.7. The van der Waals surface area contributed by atoms with E-state index in [9.17, 15) is 9.59 Å². The van der Waals surface area contributed by atoms with Gasteiger partial charge in [0, 0.05) is 23.4 Å². The fourth-order valence-electron chi connectivity index (χ4n) is 4.90. The minimum absolute atomic E-state index is 0.181. The van der Waals surface area contributed by atoms with E-state index in [1.807, 2.05) is 55.8 Å². The van der Waals surface area contributed by atoms with Crippen LogP contribution in [0.4, 0.5) is 0 Å². The maximum Gasteiger partial charge on any atom is 0.317 e. The van der Waals surface area contributed by atoms with Crippen molar-refractivity contribution in [3.8, 4) is 5.75 Å². The summed E-state index contributed by atoms with van der Waals surface area (Å²) in [6.45, 7) is 10.5. The molecule has 0 fully saturated rings. The predicted octanol–water partition coefficient (Wildman–Crippen LogP) is 2.08. The van der Waals surface area contributed by atoms with Gasteiger partial charge in [-0.1, -0.05) is 29.5 Å². The third-order valence-electron chi connectivity index (χ3n) is 6.43. The highest BCUT2D eigenvalue weighted by molar-refractivity contribution is 7.07. The summed E-state index contributed by atoms with van der Waals surface area (Å²) in [6.07, 6.45) is 1.89. The van der Waals surface area contributed by atoms with Crippen molar-refractivity contribution in [3.05, 3.63) is 66.5 Å². The molecule has 0 saturated carbocycles. The van der Waals surface area contributed by atoms with Gasteiger partial charge in [0.25, 0.3) is 5.56 Å². The van der Waals surface area contributed by atoms with E-state index in [1.165, 1.54) is 11.3 Å². The van der Waals surface area contributed by atoms with Crippen LogP contribution in [-0.2, 0) is 16.1 Å². The van der Waals surface area contributed by atoms with Gasteiger partial charge in [0.2, 0.25) is 5.72 Å². The summed E-state index contributed by atoms with van der Waals surface area (Å²) in [7, 11) is 0. The Morgan fingerprint density at radius 3 is 2.76 bits per heavy atom. The molecule has 4 heterocycles. The average molecular weight is 467 g/mol. The molecule has 9 heteroatoms. The summed E-state index contributed by atoms with van der Waals surface area (Å²) in [5, 5.41) is 4.56. The molecule has 33 heavy (non-hydrogen) atoms. The zero-order valence-electron chi connectivity index (χ0n) is 19.3. The van der Waals surface area contributed by atoms with E-state index in [0.29, 0.717) is 15.1 Å². The minimum Gasteiger partial charge on any atom is -0.466 e. The molecular formula is C24H26N4O4S. The summed E-state index contributed by atoms with van der Waals surface area (Å²) in [6, 6.07) is 6.94. The Bertz CT molecular complexity index is 1450. The fraction of sp³-hybridized carbons (Fsp3) is 0.417. The molecule has 5 rings (SSSR count). The average Bonchev–Trinajstić information content (AvgIpc) is 3.22. The van der Waals surface area contributed by atoms with Crippen molar-refractivity contribution in [2.45, 2.75) is 52.9 Å². The molecule has 2 bridgehead atoms. The van der Waals surface area contributed by atoms with Gasteiger partial charge in [-0.25, -0.2) is 4.99 Å². The van der Waals surface area contributed by atoms with Crippen LogP contribution in [0.2, 0.25) is 0 Å². The summed E-state index contributed by atoms with van der Waals surface area (Å²) in [5.74, 6) is -0.570. The third-order valence-corrected chi connectivity index (χ3v) is 7.42. The number of fused-ring (bicyclic) bond motifs is 6. The van der Waals surface area contributed by atoms with Crippen molar-refractivity contribution in [2.75, 3.05) is 6.61 Å². The van der Waals surface area contributed by atoms with Crippen LogP contribution in [0.3, 0.4) is 0 Å². The quantitative estimate of drug-likeness (QED) is 0.550. The summed E-state index contributed by atoms with van der Waals surface area (Å²) in [4.78, 5) is 32.1. The fourth-order valence-corrected chi connectivity index (χ4v) is 5.98. The topological polar surface area (TPSA) is 87.7 Å². The molecule has 0 unspecified atom stereocenters. The monoisotopic (exact) mass is 466 g/mol. The number of ether oxygens (including phenoxy) is 2. The Hall–Kier alpha value is -3.20. The van der Waals surface area contributed by atoms with Crippen LogP contribution in [0, 0.1) is 19.8 Å². The number of benzene rings is 1. The van der Waals surface area contributed by atoms with E-state index < -0.39 is 23.7 Å². The highest BCUT2D eigenvalue weighted by Gasteiger charge is 2.55. The maximum atomic E-state index is 13.7. The van der Waals surface area contributed by atoms with Gasteiger partial charge in [0.05, 0.1) is 22.9 Å². The molecule has 8 nitrogen and oxygen atoms in total. The Kier molecular flexibility index (Phi) is 5.04. The Labute approximate surface area is 194 Å². The highest BCUT2D eigenvalue weighted by atomic mass is 32.1. The number of carbonyl (C=O) groups is 1. The molecular weight excluding hydrogens is 440 g/mol. The molecule has 2 aliphatic rings. The first kappa shape index (κ1) is 21.6. The number of nitrogens with zero attached hydrogens (tertiary/aromatic N) is 4. The standard InChI is InChI=1S/C24H26N4O4S/c1-6-27-14(4)16(13(3)26-27)12-18-21(29)28-20-15-10-8-9-11-17(15)32-24(5,25-23(28)33-18)19(20)22(30)31-7-2/h8-12,19-20H,6-7H2,1-5H3/b18-12+/t19-,20-,24-/m0/s1. The number of hydrogen-bond donors (Lipinski definition) is 0. The summed E-state index contributed by atoms with van der Waals surface area (Å²) in [5.41, 5.74) is 2.23. The van der Waals surface area contributed by atoms with Crippen LogP contribution in [0.1, 0.15) is 49.3 Å². The zero-order chi connectivity index (χ0) is 23.5. The molecule has 172 valence electrons. The first-order valence-electron chi connectivity index (χ1n) is 11.1. The number of aryl methyl sites for hydroxylation is 2. The number of rotatable bonds is 4. The number of thiazole rings is 1. The normalized spacial score (nSPS) is 23.4. The Balaban J connectivity index is 1.78. The van der Waals surface area contributed by atoms with Gasteiger partial charge in [-0.05, 0) is 46.8 Å². The molecule has 2 aromatic heterocycles. The van der Waals surface area contributed by atoms with Crippen molar-refractivity contribution in [1.82, 2.24) is 14.3 Å². The van der Waals surface area contributed by atoms with Crippen molar-refractivity contribution in [3.63, 3.8) is 0 Å². The van der Waals surface area contributed by atoms with Crippen molar-refractivity contribution >= 4 is 23.4 Å². The molecule has 0 saturated heterocycles. The van der Waals surface area contributed by atoms with Crippen molar-refractivity contribution < 1.29 is 14.3 Å². The summed E-state index contributed by atoms with van der Waals surface area (Å²) >= 11 is 1.31. The van der Waals surface area contributed by atoms with E-state index in [2.05, 4.69) is 5.10 Å². The van der Waals surface area contributed by atoms with Gasteiger partial charge >= 0.3 is 5.97 Å². The second-order valence-corrected chi connectivity index (χ2v) is 9.46. The third kappa shape index (κ3) is 3.17. The SMILES string of the molecule is CCOC(=O)[C@@H]1[C@@H]2c3ccccc3O[C@]1(C)N=c1s/c(=C/c3c(C)nn(CC)c3C)c(=O)n12. The van der Waals surface area contributed by atoms with Gasteiger partial charge in [-0.3, -0.25) is 18.8 Å². The minimum atomic E-state index is -1.17. The molecule has 0 radical (unpaired) electrons. The van der Waals surface area contributed by atoms with E-state index in [4.69, 9.17) is 14.5 Å². The first-order valence-corrected chi connectivity index (χ1v) is 11.9. The van der Waals surface area contributed by atoms with Crippen molar-refractivity contribution in [2.24, 2.45) is 10.9 Å². The molecule has 0 amide bonds. The van der Waals surface area contributed by atoms with Gasteiger partial charge in [0.15, 0.2) is 4.80 Å². The lowest BCUT2D eigenvalue weighted by Gasteiger charge is -2.44. The van der Waals surface area contributed by atoms with E-state index in [-0.39, 0.29) is 12.2 Å². The van der Waals surface area contributed by atoms with Crippen LogP contribution in [0.5, 0.6) is 5.75 Å². The first-order chi connectivity index (χ1) is 15.8. The van der Waals surface area contributed by atoms with Crippen LogP contribution < -0.4 is 19.6 Å². The number of aromatic nitrogens is 3. The molecule has 3 aromatic rings. The molecule has 1 aromatic carbocycles. The van der Waals surface area contributed by atoms with Gasteiger partial charge in [-0.15, -0.1) is 0 Å². The molecule has 0 N–H and O–H groups in total. The van der Waals surface area contributed by atoms with Crippen molar-refractivity contribution in [1.29, 1.82) is 0 Å². The van der Waals surface area contributed by atoms with E-state index in [0.717, 1.165) is 29.1 Å². The zero-order valence-corrected chi connectivity index (χ0v) is 20.1. The number of carbonyl (C=O) groups excluding carboxylic acids is 1. The molecule has 2 aliphatic heterocycles. The van der Waals surface area contributed by atoms with Crippen LogP contribution in [0.25, 0.3) is 6.08 Å². The van der Waals surface area contributed by atoms with Crippen LogP contribution in [0.15, 0.2) is 34.1 Å². The number of esters is 1. The molecule has 3 atom stereocenters. The Morgan fingerprint density at radius 2 is 2.06 bits per heavy atom. The molecule has 0 aliphatic carbocycles. The van der Waals surface area contributed by atoms with E-state index in [1.54, 1.807) is 18.4 Å². The van der Waals surface area contributed by atoms with Gasteiger partial charge < -0.3 is 9.47 Å². The largest absolute Gasteiger partial charge is 0.466 e. The van der Waals surface area contributed by atoms with Gasteiger partial charge in [0.1, 0.15) is 11.7 Å². The predicted molar refractivity (Wildman–Crippen MR) is 124 cm³/mol. The Morgan fingerprint density at radius 1 is 1.30 bits per heavy atom. The number of para-hydroxylation sites is 1. The summed E-state index contributed by atoms with van der Waals surface area (Å²) < 4.78 is 15.7.